The minimum absolute atomic E-state index is 0.131. The highest BCUT2D eigenvalue weighted by atomic mass is 16.7. The molecule has 32 heavy (non-hydrogen) atoms. The highest BCUT2D eigenvalue weighted by Crippen LogP contribution is 2.69. The van der Waals surface area contributed by atoms with Crippen LogP contribution in [0.4, 0.5) is 0 Å². The first-order chi connectivity index (χ1) is 15.1. The van der Waals surface area contributed by atoms with E-state index < -0.39 is 30.2 Å². The molecule has 184 valence electrons. The van der Waals surface area contributed by atoms with Gasteiger partial charge in [0.25, 0.3) is 0 Å². The van der Waals surface area contributed by atoms with Crippen LogP contribution in [0.1, 0.15) is 85.0 Å². The standard InChI is InChI=1S/C26H44O6/c1-15-23(29)21(28)13-22(31-15)32-18-7-9-24(2)16(12-18)4-5-20-19(24)8-10-25(3)17(14-27)6-11-26(20,25)30/h15-23,27-30H,4-14H2,1-3H3/t15?,16-,17-,18+,19+,20-,21-,22+,23-,24+,25-,26+/m1/s1. The van der Waals surface area contributed by atoms with Gasteiger partial charge in [-0.3, -0.25) is 0 Å². The van der Waals surface area contributed by atoms with Gasteiger partial charge in [0, 0.05) is 18.4 Å². The smallest absolute Gasteiger partial charge is 0.161 e. The van der Waals surface area contributed by atoms with E-state index >= 15 is 0 Å². The molecule has 12 atom stereocenters. The molecule has 0 aromatic rings. The van der Waals surface area contributed by atoms with Crippen molar-refractivity contribution in [3.8, 4) is 0 Å². The van der Waals surface area contributed by atoms with Crippen LogP contribution in [0.3, 0.4) is 0 Å². The minimum Gasteiger partial charge on any atom is -0.396 e. The largest absolute Gasteiger partial charge is 0.396 e. The highest BCUT2D eigenvalue weighted by molar-refractivity contribution is 5.16. The second-order valence-corrected chi connectivity index (χ2v) is 12.4. The van der Waals surface area contributed by atoms with Crippen molar-refractivity contribution >= 4 is 0 Å². The quantitative estimate of drug-likeness (QED) is 0.492. The van der Waals surface area contributed by atoms with Crippen LogP contribution in [0.2, 0.25) is 0 Å². The van der Waals surface area contributed by atoms with Crippen molar-refractivity contribution in [3.05, 3.63) is 0 Å². The summed E-state index contributed by atoms with van der Waals surface area (Å²) in [6.45, 7) is 6.69. The molecule has 5 aliphatic rings. The Hall–Kier alpha value is -0.240. The van der Waals surface area contributed by atoms with Gasteiger partial charge in [-0.2, -0.15) is 0 Å². The molecule has 6 heteroatoms. The van der Waals surface area contributed by atoms with Crippen molar-refractivity contribution < 1.29 is 29.9 Å². The molecule has 1 saturated heterocycles. The summed E-state index contributed by atoms with van der Waals surface area (Å²) in [5.74, 6) is 1.70. The minimum atomic E-state index is -0.844. The summed E-state index contributed by atoms with van der Waals surface area (Å²) in [4.78, 5) is 0. The molecule has 4 N–H and O–H groups in total. The van der Waals surface area contributed by atoms with Crippen LogP contribution < -0.4 is 0 Å². The maximum Gasteiger partial charge on any atom is 0.161 e. The number of rotatable bonds is 3. The van der Waals surface area contributed by atoms with E-state index in [1.165, 1.54) is 0 Å². The molecule has 0 aromatic carbocycles. The van der Waals surface area contributed by atoms with Crippen molar-refractivity contribution in [2.45, 2.75) is 121 Å². The van der Waals surface area contributed by atoms with E-state index in [0.29, 0.717) is 24.2 Å². The zero-order chi connectivity index (χ0) is 22.9. The molecule has 0 radical (unpaired) electrons. The molecule has 6 nitrogen and oxygen atoms in total. The monoisotopic (exact) mass is 452 g/mol. The van der Waals surface area contributed by atoms with Crippen LogP contribution in [0.25, 0.3) is 0 Å². The summed E-state index contributed by atoms with van der Waals surface area (Å²) in [7, 11) is 0. The first-order valence-corrected chi connectivity index (χ1v) is 13.1. The van der Waals surface area contributed by atoms with Gasteiger partial charge in [0.05, 0.1) is 23.9 Å². The number of ether oxygens (including phenoxy) is 2. The summed E-state index contributed by atoms with van der Waals surface area (Å²) >= 11 is 0. The Morgan fingerprint density at radius 2 is 1.72 bits per heavy atom. The van der Waals surface area contributed by atoms with Crippen LogP contribution in [0.15, 0.2) is 0 Å². The van der Waals surface area contributed by atoms with Gasteiger partial charge in [-0.25, -0.2) is 0 Å². The lowest BCUT2D eigenvalue weighted by atomic mass is 9.43. The Bertz CT molecular complexity index is 690. The fourth-order valence-electron chi connectivity index (χ4n) is 9.04. The molecule has 0 amide bonds. The molecule has 1 unspecified atom stereocenters. The highest BCUT2D eigenvalue weighted by Gasteiger charge is 2.67. The van der Waals surface area contributed by atoms with Gasteiger partial charge >= 0.3 is 0 Å². The average molecular weight is 453 g/mol. The van der Waals surface area contributed by atoms with Crippen molar-refractivity contribution in [2.75, 3.05) is 6.61 Å². The Kier molecular flexibility index (Phi) is 6.00. The summed E-state index contributed by atoms with van der Waals surface area (Å²) < 4.78 is 12.1. The zero-order valence-electron chi connectivity index (χ0n) is 20.1. The van der Waals surface area contributed by atoms with Gasteiger partial charge in [0.1, 0.15) is 6.10 Å². The molecule has 0 spiro atoms. The third-order valence-electron chi connectivity index (χ3n) is 11.2. The summed E-state index contributed by atoms with van der Waals surface area (Å²) in [5, 5.41) is 42.0. The number of hydrogen-bond acceptors (Lipinski definition) is 6. The molecule has 0 aromatic heterocycles. The zero-order valence-corrected chi connectivity index (χ0v) is 20.1. The van der Waals surface area contributed by atoms with Crippen molar-refractivity contribution in [3.63, 3.8) is 0 Å². The Morgan fingerprint density at radius 1 is 0.938 bits per heavy atom. The van der Waals surface area contributed by atoms with E-state index in [0.717, 1.165) is 57.8 Å². The average Bonchev–Trinajstić information content (AvgIpc) is 3.03. The SMILES string of the molecule is CC1O[C@@H](O[C@H]2CC[C@@]3(C)[C@H](CC[C@@H]4[C@@H]3CC[C@]3(C)[C@@H](CO)CC[C@]43O)C2)C[C@@H](O)[C@@H]1O. The Labute approximate surface area is 192 Å². The van der Waals surface area contributed by atoms with Crippen LogP contribution in [-0.2, 0) is 9.47 Å². The van der Waals surface area contributed by atoms with E-state index in [4.69, 9.17) is 9.47 Å². The van der Waals surface area contributed by atoms with Crippen LogP contribution in [0, 0.1) is 34.5 Å². The van der Waals surface area contributed by atoms with Gasteiger partial charge in [-0.1, -0.05) is 13.8 Å². The van der Waals surface area contributed by atoms with E-state index in [9.17, 15) is 20.4 Å². The third kappa shape index (κ3) is 3.35. The van der Waals surface area contributed by atoms with Gasteiger partial charge in [0.15, 0.2) is 6.29 Å². The molecule has 0 bridgehead atoms. The molecule has 1 aliphatic heterocycles. The number of aliphatic hydroxyl groups is 4. The molecule has 4 saturated carbocycles. The summed E-state index contributed by atoms with van der Waals surface area (Å²) in [5.41, 5.74) is -0.548. The molecule has 4 aliphatic carbocycles. The predicted molar refractivity (Wildman–Crippen MR) is 120 cm³/mol. The molecular weight excluding hydrogens is 408 g/mol. The maximum atomic E-state index is 12.0. The summed E-state index contributed by atoms with van der Waals surface area (Å²) in [6.07, 6.45) is 7.23. The van der Waals surface area contributed by atoms with Gasteiger partial charge in [0.2, 0.25) is 0 Å². The Balaban J connectivity index is 1.27. The van der Waals surface area contributed by atoms with Gasteiger partial charge < -0.3 is 29.9 Å². The third-order valence-corrected chi connectivity index (χ3v) is 11.2. The first-order valence-electron chi connectivity index (χ1n) is 13.1. The van der Waals surface area contributed by atoms with Crippen LogP contribution >= 0.6 is 0 Å². The first kappa shape index (κ1) is 23.5. The van der Waals surface area contributed by atoms with E-state index in [1.807, 2.05) is 0 Å². The molecular formula is C26H44O6. The van der Waals surface area contributed by atoms with Crippen LogP contribution in [-0.4, -0.2) is 63.3 Å². The Morgan fingerprint density at radius 3 is 2.44 bits per heavy atom. The summed E-state index contributed by atoms with van der Waals surface area (Å²) in [6, 6.07) is 0. The van der Waals surface area contributed by atoms with Crippen molar-refractivity contribution in [1.82, 2.24) is 0 Å². The lowest BCUT2D eigenvalue weighted by Gasteiger charge is -2.63. The van der Waals surface area contributed by atoms with Crippen LogP contribution in [0.5, 0.6) is 0 Å². The molecule has 1 heterocycles. The lowest BCUT2D eigenvalue weighted by Crippen LogP contribution is -2.62. The fourth-order valence-corrected chi connectivity index (χ4v) is 9.04. The second kappa shape index (κ2) is 8.17. The number of aliphatic hydroxyl groups excluding tert-OH is 3. The molecule has 5 fully saturated rings. The fraction of sp³-hybridized carbons (Fsp3) is 1.00. The predicted octanol–water partition coefficient (Wildman–Crippen LogP) is 2.99. The van der Waals surface area contributed by atoms with E-state index in [2.05, 4.69) is 13.8 Å². The number of fused-ring (bicyclic) bond motifs is 5. The van der Waals surface area contributed by atoms with Gasteiger partial charge in [-0.15, -0.1) is 0 Å². The molecule has 5 rings (SSSR count). The second-order valence-electron chi connectivity index (χ2n) is 12.4. The normalized spacial score (nSPS) is 58.0. The van der Waals surface area contributed by atoms with E-state index in [-0.39, 0.29) is 29.5 Å². The maximum absolute atomic E-state index is 12.0. The lowest BCUT2D eigenvalue weighted by molar-refractivity contribution is -0.271. The topological polar surface area (TPSA) is 99.4 Å². The number of hydrogen-bond donors (Lipinski definition) is 4. The van der Waals surface area contributed by atoms with Gasteiger partial charge in [-0.05, 0) is 93.8 Å². The van der Waals surface area contributed by atoms with Crippen molar-refractivity contribution in [1.29, 1.82) is 0 Å². The van der Waals surface area contributed by atoms with E-state index in [1.54, 1.807) is 6.92 Å². The van der Waals surface area contributed by atoms with Crippen molar-refractivity contribution in [2.24, 2.45) is 34.5 Å².